The van der Waals surface area contributed by atoms with Crippen molar-refractivity contribution in [1.82, 2.24) is 4.90 Å². The minimum Gasteiger partial charge on any atom is -0.378 e. The van der Waals surface area contributed by atoms with Crippen molar-refractivity contribution in [2.24, 2.45) is 0 Å². The Hall–Kier alpha value is -2.21. The van der Waals surface area contributed by atoms with Crippen molar-refractivity contribution < 1.29 is 14.5 Å². The molecule has 6 nitrogen and oxygen atoms in total. The zero-order valence-corrected chi connectivity index (χ0v) is 11.9. The number of non-ortho nitro benzene ring substituents is 1. The van der Waals surface area contributed by atoms with Crippen LogP contribution in [0.15, 0.2) is 36.0 Å². The summed E-state index contributed by atoms with van der Waals surface area (Å²) in [5, 5.41) is 10.6. The van der Waals surface area contributed by atoms with E-state index in [2.05, 4.69) is 4.90 Å². The molecule has 0 radical (unpaired) electrons. The van der Waals surface area contributed by atoms with Gasteiger partial charge in [0.25, 0.3) is 5.69 Å². The van der Waals surface area contributed by atoms with Gasteiger partial charge in [-0.2, -0.15) is 0 Å². The zero-order chi connectivity index (χ0) is 15.2. The van der Waals surface area contributed by atoms with Gasteiger partial charge < -0.3 is 9.64 Å². The summed E-state index contributed by atoms with van der Waals surface area (Å²) >= 11 is 0. The maximum absolute atomic E-state index is 12.4. The maximum Gasteiger partial charge on any atom is 0.269 e. The third-order valence-corrected chi connectivity index (χ3v) is 3.40. The molecule has 0 saturated carbocycles. The molecule has 1 aromatic carbocycles. The number of nitrogens with zero attached hydrogens (tertiary/aromatic N) is 2. The molecule has 0 atom stereocenters. The average Bonchev–Trinajstić information content (AvgIpc) is 2.53. The van der Waals surface area contributed by atoms with Gasteiger partial charge in [-0.15, -0.1) is 0 Å². The van der Waals surface area contributed by atoms with Crippen molar-refractivity contribution in [1.29, 1.82) is 0 Å². The third kappa shape index (κ3) is 3.88. The Morgan fingerprint density at radius 1 is 1.33 bits per heavy atom. The van der Waals surface area contributed by atoms with Gasteiger partial charge >= 0.3 is 0 Å². The van der Waals surface area contributed by atoms with Crippen LogP contribution in [-0.2, 0) is 4.74 Å². The Kier molecular flexibility index (Phi) is 5.05. The number of hydrogen-bond acceptors (Lipinski definition) is 5. The molecule has 0 spiro atoms. The number of morpholine rings is 1. The normalized spacial score (nSPS) is 15.9. The number of allylic oxidation sites excluding steroid dienone is 1. The van der Waals surface area contributed by atoms with Gasteiger partial charge in [0.2, 0.25) is 0 Å². The standard InChI is InChI=1S/C15H18N2O4/c1-2-12(11-16-7-9-21-10-8-16)15(18)13-3-5-14(6-4-13)17(19)20/h3-6,11H,2,7-10H2,1H3. The number of ether oxygens (including phenoxy) is 1. The van der Waals surface area contributed by atoms with E-state index in [0.717, 1.165) is 13.1 Å². The molecule has 112 valence electrons. The van der Waals surface area contributed by atoms with Crippen LogP contribution in [-0.4, -0.2) is 41.9 Å². The molecule has 1 aromatic rings. The summed E-state index contributed by atoms with van der Waals surface area (Å²) in [5.74, 6) is -0.0844. The average molecular weight is 290 g/mol. The summed E-state index contributed by atoms with van der Waals surface area (Å²) in [5.41, 5.74) is 1.16. The van der Waals surface area contributed by atoms with Crippen molar-refractivity contribution in [2.45, 2.75) is 13.3 Å². The molecule has 0 aliphatic carbocycles. The number of nitro groups is 1. The molecule has 1 heterocycles. The van der Waals surface area contributed by atoms with Crippen LogP contribution in [0.25, 0.3) is 0 Å². The number of carbonyl (C=O) groups is 1. The molecule has 6 heteroatoms. The van der Waals surface area contributed by atoms with E-state index in [0.29, 0.717) is 30.8 Å². The van der Waals surface area contributed by atoms with E-state index in [1.807, 2.05) is 13.1 Å². The summed E-state index contributed by atoms with van der Waals surface area (Å²) in [6.45, 7) is 4.81. The van der Waals surface area contributed by atoms with Crippen molar-refractivity contribution >= 4 is 11.5 Å². The Morgan fingerprint density at radius 2 is 1.95 bits per heavy atom. The molecule has 1 fully saturated rings. The summed E-state index contributed by atoms with van der Waals surface area (Å²) in [6, 6.07) is 5.72. The van der Waals surface area contributed by atoms with Gasteiger partial charge in [-0.25, -0.2) is 0 Å². The van der Waals surface area contributed by atoms with Gasteiger partial charge in [0.1, 0.15) is 0 Å². The molecule has 0 bridgehead atoms. The number of Topliss-reactive ketones (excluding diaryl/α,β-unsaturated/α-hetero) is 1. The van der Waals surface area contributed by atoms with Gasteiger partial charge in [-0.05, 0) is 18.6 Å². The van der Waals surface area contributed by atoms with Gasteiger partial charge in [0.05, 0.1) is 18.1 Å². The highest BCUT2D eigenvalue weighted by Gasteiger charge is 2.15. The lowest BCUT2D eigenvalue weighted by Gasteiger charge is -2.26. The van der Waals surface area contributed by atoms with Crippen LogP contribution in [0.1, 0.15) is 23.7 Å². The maximum atomic E-state index is 12.4. The fourth-order valence-corrected chi connectivity index (χ4v) is 2.16. The number of carbonyl (C=O) groups excluding carboxylic acids is 1. The Labute approximate surface area is 123 Å². The van der Waals surface area contributed by atoms with Crippen molar-refractivity contribution in [3.8, 4) is 0 Å². The van der Waals surface area contributed by atoms with Gasteiger partial charge in [-0.1, -0.05) is 6.92 Å². The predicted octanol–water partition coefficient (Wildman–Crippen LogP) is 2.40. The van der Waals surface area contributed by atoms with Crippen molar-refractivity contribution in [3.05, 3.63) is 51.7 Å². The number of ketones is 1. The summed E-state index contributed by atoms with van der Waals surface area (Å²) in [6.07, 6.45) is 2.50. The second kappa shape index (κ2) is 6.99. The lowest BCUT2D eigenvalue weighted by atomic mass is 10.0. The van der Waals surface area contributed by atoms with Crippen LogP contribution < -0.4 is 0 Å². The Bertz CT molecular complexity index is 545. The highest BCUT2D eigenvalue weighted by Crippen LogP contribution is 2.17. The lowest BCUT2D eigenvalue weighted by molar-refractivity contribution is -0.384. The SMILES string of the molecule is CCC(=CN1CCOCC1)C(=O)c1ccc([N+](=O)[O-])cc1. The second-order valence-electron chi connectivity index (χ2n) is 4.79. The number of nitro benzene ring substituents is 1. The molecule has 0 aromatic heterocycles. The number of benzene rings is 1. The highest BCUT2D eigenvalue weighted by molar-refractivity contribution is 6.08. The minimum absolute atomic E-state index is 0.0123. The monoisotopic (exact) mass is 290 g/mol. The first-order valence-corrected chi connectivity index (χ1v) is 6.93. The summed E-state index contributed by atoms with van der Waals surface area (Å²) in [7, 11) is 0. The second-order valence-corrected chi connectivity index (χ2v) is 4.79. The van der Waals surface area contributed by atoms with Crippen molar-refractivity contribution in [3.63, 3.8) is 0 Å². The largest absolute Gasteiger partial charge is 0.378 e. The van der Waals surface area contributed by atoms with E-state index in [1.165, 1.54) is 24.3 Å². The first-order chi connectivity index (χ1) is 10.1. The quantitative estimate of drug-likeness (QED) is 0.360. The third-order valence-electron chi connectivity index (χ3n) is 3.40. The highest BCUT2D eigenvalue weighted by atomic mass is 16.6. The molecule has 1 aliphatic rings. The van der Waals surface area contributed by atoms with E-state index >= 15 is 0 Å². The summed E-state index contributed by atoms with van der Waals surface area (Å²) < 4.78 is 5.28. The van der Waals surface area contributed by atoms with Gasteiger partial charge in [0, 0.05) is 42.6 Å². The van der Waals surface area contributed by atoms with Gasteiger partial charge in [0.15, 0.2) is 5.78 Å². The molecular weight excluding hydrogens is 272 g/mol. The van der Waals surface area contributed by atoms with Crippen LogP contribution in [0.2, 0.25) is 0 Å². The smallest absolute Gasteiger partial charge is 0.269 e. The van der Waals surface area contributed by atoms with E-state index in [4.69, 9.17) is 4.74 Å². The Balaban J connectivity index is 2.15. The van der Waals surface area contributed by atoms with Crippen LogP contribution in [0.3, 0.4) is 0 Å². The molecule has 0 amide bonds. The molecule has 21 heavy (non-hydrogen) atoms. The van der Waals surface area contributed by atoms with Crippen LogP contribution in [0.4, 0.5) is 5.69 Å². The molecule has 0 N–H and O–H groups in total. The van der Waals surface area contributed by atoms with Crippen LogP contribution in [0, 0.1) is 10.1 Å². The molecule has 1 saturated heterocycles. The summed E-state index contributed by atoms with van der Waals surface area (Å²) in [4.78, 5) is 24.7. The van der Waals surface area contributed by atoms with Crippen molar-refractivity contribution in [2.75, 3.05) is 26.3 Å². The first-order valence-electron chi connectivity index (χ1n) is 6.93. The van der Waals surface area contributed by atoms with Crippen LogP contribution >= 0.6 is 0 Å². The predicted molar refractivity (Wildman–Crippen MR) is 78.2 cm³/mol. The van der Waals surface area contributed by atoms with Crippen LogP contribution in [0.5, 0.6) is 0 Å². The van der Waals surface area contributed by atoms with E-state index in [1.54, 1.807) is 0 Å². The number of rotatable bonds is 5. The lowest BCUT2D eigenvalue weighted by Crippen LogP contribution is -2.32. The molecule has 1 aliphatic heterocycles. The first kappa shape index (κ1) is 15.2. The van der Waals surface area contributed by atoms with E-state index < -0.39 is 4.92 Å². The molecule has 2 rings (SSSR count). The molecule has 0 unspecified atom stereocenters. The fourth-order valence-electron chi connectivity index (χ4n) is 2.16. The van der Waals surface area contributed by atoms with Gasteiger partial charge in [-0.3, -0.25) is 14.9 Å². The zero-order valence-electron chi connectivity index (χ0n) is 11.9. The molecular formula is C15H18N2O4. The Morgan fingerprint density at radius 3 is 2.48 bits per heavy atom. The van der Waals surface area contributed by atoms with E-state index in [-0.39, 0.29) is 11.5 Å². The topological polar surface area (TPSA) is 72.7 Å². The number of hydrogen-bond donors (Lipinski definition) is 0. The van der Waals surface area contributed by atoms with E-state index in [9.17, 15) is 14.9 Å². The fraction of sp³-hybridized carbons (Fsp3) is 0.400. The minimum atomic E-state index is -0.474.